The summed E-state index contributed by atoms with van der Waals surface area (Å²) in [6.07, 6.45) is 2.67. The molecule has 0 saturated heterocycles. The molecule has 1 saturated carbocycles. The lowest BCUT2D eigenvalue weighted by Gasteiger charge is -2.02. The van der Waals surface area contributed by atoms with Crippen molar-refractivity contribution in [1.82, 2.24) is 9.97 Å². The first kappa shape index (κ1) is 9.12. The van der Waals surface area contributed by atoms with E-state index in [1.54, 1.807) is 13.1 Å². The van der Waals surface area contributed by atoms with Gasteiger partial charge in [0.25, 0.3) is 0 Å². The third kappa shape index (κ3) is 1.47. The van der Waals surface area contributed by atoms with E-state index in [0.717, 1.165) is 6.42 Å². The summed E-state index contributed by atoms with van der Waals surface area (Å²) in [5.41, 5.74) is 0.753. The molecule has 0 radical (unpaired) electrons. The van der Waals surface area contributed by atoms with Crippen molar-refractivity contribution in [1.29, 1.82) is 0 Å². The van der Waals surface area contributed by atoms with Crippen LogP contribution in [0.1, 0.15) is 41.1 Å². The molecule has 4 heteroatoms. The lowest BCUT2D eigenvalue weighted by Crippen LogP contribution is -2.07. The van der Waals surface area contributed by atoms with Crippen molar-refractivity contribution in [3.8, 4) is 0 Å². The van der Waals surface area contributed by atoms with Gasteiger partial charge in [0.2, 0.25) is 0 Å². The SMILES string of the molecule is Cc1cnc(C2CC2C)nc1C(=O)O. The summed E-state index contributed by atoms with van der Waals surface area (Å²) >= 11 is 0. The molecule has 2 atom stereocenters. The van der Waals surface area contributed by atoms with E-state index in [-0.39, 0.29) is 5.69 Å². The third-order valence-corrected chi connectivity index (χ3v) is 2.63. The van der Waals surface area contributed by atoms with Crippen molar-refractivity contribution in [2.24, 2.45) is 5.92 Å². The van der Waals surface area contributed by atoms with Crippen molar-refractivity contribution in [3.05, 3.63) is 23.3 Å². The molecule has 1 aliphatic carbocycles. The number of nitrogens with zero attached hydrogens (tertiary/aromatic N) is 2. The van der Waals surface area contributed by atoms with Gasteiger partial charge < -0.3 is 5.11 Å². The number of aromatic carboxylic acids is 1. The molecule has 1 heterocycles. The zero-order valence-electron chi connectivity index (χ0n) is 8.19. The van der Waals surface area contributed by atoms with Crippen molar-refractivity contribution >= 4 is 5.97 Å². The second kappa shape index (κ2) is 3.04. The average Bonchev–Trinajstić information content (AvgIpc) is 2.83. The van der Waals surface area contributed by atoms with Gasteiger partial charge in [0.05, 0.1) is 0 Å². The molecule has 2 unspecified atom stereocenters. The van der Waals surface area contributed by atoms with Gasteiger partial charge in [-0.1, -0.05) is 6.92 Å². The van der Waals surface area contributed by atoms with Crippen LogP contribution in [0.25, 0.3) is 0 Å². The Balaban J connectivity index is 2.36. The zero-order valence-corrected chi connectivity index (χ0v) is 8.19. The molecule has 0 amide bonds. The maximum atomic E-state index is 10.8. The molecule has 0 spiro atoms. The summed E-state index contributed by atoms with van der Waals surface area (Å²) in [4.78, 5) is 19.0. The molecule has 1 N–H and O–H groups in total. The molecule has 1 aliphatic rings. The molecule has 4 nitrogen and oxygen atoms in total. The highest BCUT2D eigenvalue weighted by atomic mass is 16.4. The van der Waals surface area contributed by atoms with E-state index in [2.05, 4.69) is 16.9 Å². The van der Waals surface area contributed by atoms with Crippen LogP contribution in [0.5, 0.6) is 0 Å². The van der Waals surface area contributed by atoms with E-state index in [1.165, 1.54) is 0 Å². The second-order valence-electron chi connectivity index (χ2n) is 3.88. The molecule has 1 aromatic rings. The molecular formula is C10H12N2O2. The predicted octanol–water partition coefficient (Wildman–Crippen LogP) is 1.61. The van der Waals surface area contributed by atoms with E-state index in [1.807, 2.05) is 0 Å². The first-order valence-electron chi connectivity index (χ1n) is 4.66. The Labute approximate surface area is 82.0 Å². The van der Waals surface area contributed by atoms with Gasteiger partial charge in [-0.2, -0.15) is 0 Å². The standard InChI is InChI=1S/C10H12N2O2/c1-5-3-7(5)9-11-4-6(2)8(12-9)10(13)14/h4-5,7H,3H2,1-2H3,(H,13,14). The minimum Gasteiger partial charge on any atom is -0.477 e. The van der Waals surface area contributed by atoms with E-state index in [4.69, 9.17) is 5.11 Å². The van der Waals surface area contributed by atoms with Gasteiger partial charge >= 0.3 is 5.97 Å². The number of aryl methyl sites for hydroxylation is 1. The highest BCUT2D eigenvalue weighted by molar-refractivity contribution is 5.86. The van der Waals surface area contributed by atoms with Crippen LogP contribution in [0.15, 0.2) is 6.20 Å². The Kier molecular flexibility index (Phi) is 1.98. The third-order valence-electron chi connectivity index (χ3n) is 2.63. The number of rotatable bonds is 2. The summed E-state index contributed by atoms with van der Waals surface area (Å²) in [6, 6.07) is 0. The van der Waals surface area contributed by atoms with Crippen LogP contribution in [0.2, 0.25) is 0 Å². The summed E-state index contributed by atoms with van der Waals surface area (Å²) in [5, 5.41) is 8.87. The monoisotopic (exact) mass is 192 g/mol. The molecular weight excluding hydrogens is 180 g/mol. The predicted molar refractivity (Wildman–Crippen MR) is 50.3 cm³/mol. The van der Waals surface area contributed by atoms with Gasteiger partial charge in [0, 0.05) is 17.7 Å². The minimum absolute atomic E-state index is 0.133. The van der Waals surface area contributed by atoms with Gasteiger partial charge in [0.15, 0.2) is 5.69 Å². The van der Waals surface area contributed by atoms with Gasteiger partial charge in [-0.15, -0.1) is 0 Å². The number of hydrogen-bond acceptors (Lipinski definition) is 3. The number of carbonyl (C=O) groups is 1. The van der Waals surface area contributed by atoms with Crippen molar-refractivity contribution in [2.75, 3.05) is 0 Å². The van der Waals surface area contributed by atoms with Crippen molar-refractivity contribution in [3.63, 3.8) is 0 Å². The maximum Gasteiger partial charge on any atom is 0.354 e. The van der Waals surface area contributed by atoms with Crippen LogP contribution in [0.3, 0.4) is 0 Å². The lowest BCUT2D eigenvalue weighted by atomic mass is 10.2. The maximum absolute atomic E-state index is 10.8. The molecule has 0 bridgehead atoms. The molecule has 1 aromatic heterocycles. The Morgan fingerprint density at radius 2 is 2.29 bits per heavy atom. The van der Waals surface area contributed by atoms with Gasteiger partial charge in [-0.3, -0.25) is 0 Å². The number of carboxylic acid groups (broad SMARTS) is 1. The molecule has 14 heavy (non-hydrogen) atoms. The lowest BCUT2D eigenvalue weighted by molar-refractivity contribution is 0.0689. The Hall–Kier alpha value is -1.45. The highest BCUT2D eigenvalue weighted by Crippen LogP contribution is 2.45. The Morgan fingerprint density at radius 3 is 2.79 bits per heavy atom. The number of carboxylic acids is 1. The highest BCUT2D eigenvalue weighted by Gasteiger charge is 2.37. The van der Waals surface area contributed by atoms with Crippen LogP contribution >= 0.6 is 0 Å². The minimum atomic E-state index is -0.973. The summed E-state index contributed by atoms with van der Waals surface area (Å²) in [5.74, 6) is 0.674. The smallest absolute Gasteiger partial charge is 0.354 e. The molecule has 2 rings (SSSR count). The molecule has 0 aromatic carbocycles. The number of hydrogen-bond donors (Lipinski definition) is 1. The first-order chi connectivity index (χ1) is 6.59. The van der Waals surface area contributed by atoms with Gasteiger partial charge in [0.1, 0.15) is 5.82 Å². The Morgan fingerprint density at radius 1 is 1.64 bits per heavy atom. The molecule has 74 valence electrons. The molecule has 0 aliphatic heterocycles. The summed E-state index contributed by atoms with van der Waals surface area (Å²) in [6.45, 7) is 3.83. The van der Waals surface area contributed by atoms with E-state index in [9.17, 15) is 4.79 Å². The van der Waals surface area contributed by atoms with Crippen LogP contribution in [0.4, 0.5) is 0 Å². The van der Waals surface area contributed by atoms with Crippen LogP contribution in [0, 0.1) is 12.8 Å². The van der Waals surface area contributed by atoms with Gasteiger partial charge in [-0.25, -0.2) is 14.8 Å². The Bertz CT molecular complexity index is 390. The summed E-state index contributed by atoms with van der Waals surface area (Å²) in [7, 11) is 0. The fraction of sp³-hybridized carbons (Fsp3) is 0.500. The zero-order chi connectivity index (χ0) is 10.3. The van der Waals surface area contributed by atoms with Crippen LogP contribution in [-0.4, -0.2) is 21.0 Å². The van der Waals surface area contributed by atoms with E-state index in [0.29, 0.717) is 23.2 Å². The topological polar surface area (TPSA) is 63.1 Å². The average molecular weight is 192 g/mol. The second-order valence-corrected chi connectivity index (χ2v) is 3.88. The normalized spacial score (nSPS) is 24.7. The fourth-order valence-electron chi connectivity index (χ4n) is 1.53. The van der Waals surface area contributed by atoms with Crippen LogP contribution in [-0.2, 0) is 0 Å². The number of aromatic nitrogens is 2. The van der Waals surface area contributed by atoms with Crippen molar-refractivity contribution < 1.29 is 9.90 Å². The van der Waals surface area contributed by atoms with E-state index < -0.39 is 5.97 Å². The van der Waals surface area contributed by atoms with Crippen LogP contribution < -0.4 is 0 Å². The first-order valence-corrected chi connectivity index (χ1v) is 4.66. The molecule has 1 fully saturated rings. The van der Waals surface area contributed by atoms with Crippen molar-refractivity contribution in [2.45, 2.75) is 26.2 Å². The largest absolute Gasteiger partial charge is 0.477 e. The van der Waals surface area contributed by atoms with E-state index >= 15 is 0 Å². The van der Waals surface area contributed by atoms with Gasteiger partial charge in [-0.05, 0) is 19.3 Å². The fourth-order valence-corrected chi connectivity index (χ4v) is 1.53. The summed E-state index contributed by atoms with van der Waals surface area (Å²) < 4.78 is 0. The quantitative estimate of drug-likeness (QED) is 0.773.